The average molecular weight is 420 g/mol. The summed E-state index contributed by atoms with van der Waals surface area (Å²) in [6.45, 7) is 2.99. The zero-order valence-corrected chi connectivity index (χ0v) is 16.8. The Morgan fingerprint density at radius 1 is 1.36 bits per heavy atom. The first-order valence-electron chi connectivity index (χ1n) is 8.74. The zero-order valence-electron chi connectivity index (χ0n) is 15.2. The minimum Gasteiger partial charge on any atom is -0.476 e. The number of piperidine rings is 1. The van der Waals surface area contributed by atoms with Crippen LogP contribution in [0.2, 0.25) is 10.0 Å². The number of aromatic carboxylic acids is 1. The van der Waals surface area contributed by atoms with Gasteiger partial charge in [-0.05, 0) is 25.8 Å². The van der Waals surface area contributed by atoms with Crippen LogP contribution in [0, 0.1) is 23.7 Å². The van der Waals surface area contributed by atoms with E-state index < -0.39 is 11.4 Å². The lowest BCUT2D eigenvalue weighted by atomic mass is 9.80. The van der Waals surface area contributed by atoms with Crippen molar-refractivity contribution in [1.82, 2.24) is 9.97 Å². The maximum Gasteiger partial charge on any atom is 0.358 e. The molecule has 1 aromatic heterocycles. The van der Waals surface area contributed by atoms with Gasteiger partial charge in [0.05, 0.1) is 32.9 Å². The second-order valence-electron chi connectivity index (χ2n) is 6.82. The molecule has 0 radical (unpaired) electrons. The van der Waals surface area contributed by atoms with Gasteiger partial charge in [0.15, 0.2) is 11.5 Å². The normalized spacial score (nSPS) is 15.9. The topological polar surface area (TPSA) is 116 Å². The van der Waals surface area contributed by atoms with Gasteiger partial charge in [0.1, 0.15) is 0 Å². The fourth-order valence-electron chi connectivity index (χ4n) is 3.32. The van der Waals surface area contributed by atoms with Crippen molar-refractivity contribution in [1.29, 1.82) is 5.26 Å². The van der Waals surface area contributed by atoms with Crippen molar-refractivity contribution in [3.8, 4) is 17.3 Å². The Balaban J connectivity index is 2.03. The van der Waals surface area contributed by atoms with Crippen molar-refractivity contribution in [3.05, 3.63) is 39.6 Å². The predicted octanol–water partition coefficient (Wildman–Crippen LogP) is 3.53. The fraction of sp³-hybridized carbons (Fsp3) is 0.368. The van der Waals surface area contributed by atoms with E-state index in [0.717, 1.165) is 0 Å². The Bertz CT molecular complexity index is 966. The standard InChI is InChI=1S/C19H19Cl2N5O2/c1-11-15(12-3-2-4-13(20)14(12)21)25-16(18(27)28)17(24-11)26-7-5-19(9-22,10-23)6-8-26/h2-4H,5-9,22H2,1H3,(H,27,28). The molecule has 1 aromatic carbocycles. The Labute approximate surface area is 172 Å². The number of carboxylic acids is 1. The number of aromatic nitrogens is 2. The molecule has 3 N–H and O–H groups in total. The Kier molecular flexibility index (Phi) is 5.75. The van der Waals surface area contributed by atoms with Gasteiger partial charge in [-0.1, -0.05) is 35.3 Å². The second-order valence-corrected chi connectivity index (χ2v) is 7.60. The van der Waals surface area contributed by atoms with Gasteiger partial charge in [-0.25, -0.2) is 14.8 Å². The quantitative estimate of drug-likeness (QED) is 0.777. The molecule has 146 valence electrons. The molecular weight excluding hydrogens is 401 g/mol. The van der Waals surface area contributed by atoms with Crippen molar-refractivity contribution in [2.24, 2.45) is 11.1 Å². The van der Waals surface area contributed by atoms with E-state index >= 15 is 0 Å². The molecule has 0 bridgehead atoms. The molecule has 0 saturated carbocycles. The summed E-state index contributed by atoms with van der Waals surface area (Å²) in [6.07, 6.45) is 1.09. The number of benzene rings is 1. The van der Waals surface area contributed by atoms with Crippen molar-refractivity contribution in [3.63, 3.8) is 0 Å². The largest absolute Gasteiger partial charge is 0.476 e. The predicted molar refractivity (Wildman–Crippen MR) is 108 cm³/mol. The first kappa shape index (κ1) is 20.3. The molecule has 1 saturated heterocycles. The first-order chi connectivity index (χ1) is 13.3. The smallest absolute Gasteiger partial charge is 0.358 e. The number of halogens is 2. The van der Waals surface area contributed by atoms with Gasteiger partial charge >= 0.3 is 5.97 Å². The third-order valence-electron chi connectivity index (χ3n) is 5.11. The monoisotopic (exact) mass is 419 g/mol. The number of carbonyl (C=O) groups is 1. The summed E-state index contributed by atoms with van der Waals surface area (Å²) in [5, 5.41) is 19.8. The number of hydrogen-bond donors (Lipinski definition) is 2. The molecule has 0 atom stereocenters. The van der Waals surface area contributed by atoms with Crippen LogP contribution in [0.4, 0.5) is 5.82 Å². The van der Waals surface area contributed by atoms with Gasteiger partial charge in [0, 0.05) is 25.2 Å². The number of hydrogen-bond acceptors (Lipinski definition) is 6. The van der Waals surface area contributed by atoms with Crippen LogP contribution in [0.5, 0.6) is 0 Å². The number of nitrogens with two attached hydrogens (primary N) is 1. The number of rotatable bonds is 4. The highest BCUT2D eigenvalue weighted by Gasteiger charge is 2.35. The van der Waals surface area contributed by atoms with Gasteiger partial charge in [0.2, 0.25) is 0 Å². The van der Waals surface area contributed by atoms with Crippen molar-refractivity contribution < 1.29 is 9.90 Å². The number of aryl methyl sites for hydroxylation is 1. The molecule has 0 aliphatic carbocycles. The summed E-state index contributed by atoms with van der Waals surface area (Å²) in [6, 6.07) is 7.39. The minimum atomic E-state index is -1.18. The lowest BCUT2D eigenvalue weighted by molar-refractivity contribution is 0.0690. The van der Waals surface area contributed by atoms with Crippen molar-refractivity contribution in [2.75, 3.05) is 24.5 Å². The molecule has 0 amide bonds. The van der Waals surface area contributed by atoms with E-state index in [1.807, 2.05) is 4.90 Å². The lowest BCUT2D eigenvalue weighted by Gasteiger charge is -2.37. The SMILES string of the molecule is Cc1nc(N2CCC(C#N)(CN)CC2)c(C(=O)O)nc1-c1cccc(Cl)c1Cl. The summed E-state index contributed by atoms with van der Waals surface area (Å²) in [7, 11) is 0. The lowest BCUT2D eigenvalue weighted by Crippen LogP contribution is -2.44. The Morgan fingerprint density at radius 3 is 2.61 bits per heavy atom. The van der Waals surface area contributed by atoms with Crippen LogP contribution < -0.4 is 10.6 Å². The molecule has 1 fully saturated rings. The van der Waals surface area contributed by atoms with E-state index in [4.69, 9.17) is 28.9 Å². The molecule has 0 spiro atoms. The maximum absolute atomic E-state index is 11.9. The molecular formula is C19H19Cl2N5O2. The van der Waals surface area contributed by atoms with Crippen LogP contribution in [0.1, 0.15) is 29.0 Å². The summed E-state index contributed by atoms with van der Waals surface area (Å²) in [5.74, 6) is -0.895. The molecule has 3 rings (SSSR count). The van der Waals surface area contributed by atoms with Gasteiger partial charge in [0.25, 0.3) is 0 Å². The van der Waals surface area contributed by atoms with Gasteiger partial charge in [-0.3, -0.25) is 0 Å². The summed E-state index contributed by atoms with van der Waals surface area (Å²) in [4.78, 5) is 22.6. The molecule has 2 heterocycles. The molecule has 1 aliphatic rings. The maximum atomic E-state index is 11.9. The number of anilines is 1. The third kappa shape index (κ3) is 3.63. The van der Waals surface area contributed by atoms with Gasteiger partial charge in [-0.2, -0.15) is 5.26 Å². The number of carboxylic acid groups (broad SMARTS) is 1. The van der Waals surface area contributed by atoms with E-state index in [2.05, 4.69) is 16.0 Å². The molecule has 28 heavy (non-hydrogen) atoms. The van der Waals surface area contributed by atoms with Gasteiger partial charge < -0.3 is 15.7 Å². The zero-order chi connectivity index (χ0) is 20.5. The summed E-state index contributed by atoms with van der Waals surface area (Å²) < 4.78 is 0. The number of nitrogens with zero attached hydrogens (tertiary/aromatic N) is 4. The van der Waals surface area contributed by atoms with Crippen LogP contribution in [0.15, 0.2) is 18.2 Å². The highest BCUT2D eigenvalue weighted by atomic mass is 35.5. The van der Waals surface area contributed by atoms with Crippen molar-refractivity contribution >= 4 is 35.0 Å². The van der Waals surface area contributed by atoms with Crippen LogP contribution in [0.25, 0.3) is 11.3 Å². The summed E-state index contributed by atoms with van der Waals surface area (Å²) in [5.41, 5.74) is 6.47. The van der Waals surface area contributed by atoms with E-state index in [0.29, 0.717) is 52.9 Å². The number of nitriles is 1. The highest BCUT2D eigenvalue weighted by Crippen LogP contribution is 2.36. The molecule has 7 nitrogen and oxygen atoms in total. The van der Waals surface area contributed by atoms with Crippen LogP contribution >= 0.6 is 23.2 Å². The average Bonchev–Trinajstić information content (AvgIpc) is 2.70. The third-order valence-corrected chi connectivity index (χ3v) is 5.93. The fourth-order valence-corrected chi connectivity index (χ4v) is 3.71. The summed E-state index contributed by atoms with van der Waals surface area (Å²) >= 11 is 12.4. The Hall–Kier alpha value is -2.40. The van der Waals surface area contributed by atoms with E-state index in [9.17, 15) is 15.2 Å². The molecule has 2 aromatic rings. The first-order valence-corrected chi connectivity index (χ1v) is 9.50. The second kappa shape index (κ2) is 7.92. The van der Waals surface area contributed by atoms with Crippen LogP contribution in [-0.2, 0) is 0 Å². The van der Waals surface area contributed by atoms with E-state index in [1.54, 1.807) is 25.1 Å². The molecule has 0 unspecified atom stereocenters. The minimum absolute atomic E-state index is 0.158. The van der Waals surface area contributed by atoms with Crippen LogP contribution in [0.3, 0.4) is 0 Å². The van der Waals surface area contributed by atoms with Crippen molar-refractivity contribution in [2.45, 2.75) is 19.8 Å². The molecule has 1 aliphatic heterocycles. The van der Waals surface area contributed by atoms with Crippen LogP contribution in [-0.4, -0.2) is 40.7 Å². The van der Waals surface area contributed by atoms with E-state index in [-0.39, 0.29) is 18.1 Å². The Morgan fingerprint density at radius 2 is 2.04 bits per heavy atom. The van der Waals surface area contributed by atoms with E-state index in [1.165, 1.54) is 0 Å². The highest BCUT2D eigenvalue weighted by molar-refractivity contribution is 6.43. The van der Waals surface area contributed by atoms with Gasteiger partial charge in [-0.15, -0.1) is 0 Å². The molecule has 9 heteroatoms.